The van der Waals surface area contributed by atoms with Crippen LogP contribution in [0.2, 0.25) is 0 Å². The van der Waals surface area contributed by atoms with Crippen LogP contribution in [-0.4, -0.2) is 29.4 Å². The van der Waals surface area contributed by atoms with Crippen molar-refractivity contribution in [2.45, 2.75) is 46.6 Å². The van der Waals surface area contributed by atoms with Crippen LogP contribution < -0.4 is 5.73 Å². The van der Waals surface area contributed by atoms with Crippen LogP contribution in [0.4, 0.5) is 0 Å². The summed E-state index contributed by atoms with van der Waals surface area (Å²) in [5.41, 5.74) is 5.72. The molecular formula is C12H24N2O. The summed E-state index contributed by atoms with van der Waals surface area (Å²) in [6.07, 6.45) is 0.674. The predicted molar refractivity (Wildman–Crippen MR) is 62.4 cm³/mol. The number of hydrogen-bond acceptors (Lipinski definition) is 2. The van der Waals surface area contributed by atoms with Crippen molar-refractivity contribution in [3.05, 3.63) is 0 Å². The van der Waals surface area contributed by atoms with Gasteiger partial charge < -0.3 is 10.6 Å². The molecule has 1 atom stereocenters. The second kappa shape index (κ2) is 3.78. The van der Waals surface area contributed by atoms with Crippen molar-refractivity contribution in [2.24, 2.45) is 17.1 Å². The molecule has 1 fully saturated rings. The number of nitrogens with zero attached hydrogens (tertiary/aromatic N) is 1. The Morgan fingerprint density at radius 2 is 1.87 bits per heavy atom. The van der Waals surface area contributed by atoms with Crippen molar-refractivity contribution >= 4 is 5.91 Å². The second-order valence-corrected chi connectivity index (χ2v) is 6.29. The second-order valence-electron chi connectivity index (χ2n) is 6.29. The Morgan fingerprint density at radius 3 is 2.20 bits per heavy atom. The van der Waals surface area contributed by atoms with Gasteiger partial charge in [-0.05, 0) is 25.2 Å². The maximum absolute atomic E-state index is 11.9. The Labute approximate surface area is 93.0 Å². The molecule has 2 N–H and O–H groups in total. The van der Waals surface area contributed by atoms with Crippen molar-refractivity contribution in [1.82, 2.24) is 4.90 Å². The van der Waals surface area contributed by atoms with Gasteiger partial charge in [0, 0.05) is 25.0 Å². The smallest absolute Gasteiger partial charge is 0.223 e. The van der Waals surface area contributed by atoms with Crippen LogP contribution in [0, 0.1) is 11.3 Å². The normalized spacial score (nSPS) is 23.7. The molecule has 0 spiro atoms. The van der Waals surface area contributed by atoms with Crippen LogP contribution in [0.1, 0.15) is 41.0 Å². The molecule has 1 amide bonds. The lowest BCUT2D eigenvalue weighted by Crippen LogP contribution is -2.50. The molecule has 1 rings (SSSR count). The minimum Gasteiger partial charge on any atom is -0.336 e. The molecule has 88 valence electrons. The molecule has 3 nitrogen and oxygen atoms in total. The molecule has 1 aliphatic heterocycles. The van der Waals surface area contributed by atoms with Crippen molar-refractivity contribution in [1.29, 1.82) is 0 Å². The Hall–Kier alpha value is -0.570. The summed E-state index contributed by atoms with van der Waals surface area (Å²) in [5, 5.41) is 0. The number of hydrogen-bond donors (Lipinski definition) is 1. The molecule has 0 aliphatic carbocycles. The molecule has 1 heterocycles. The van der Waals surface area contributed by atoms with Gasteiger partial charge in [-0.1, -0.05) is 20.8 Å². The minimum absolute atomic E-state index is 0.197. The largest absolute Gasteiger partial charge is 0.336 e. The standard InChI is InChI=1S/C12H24N2O/c1-11(2,3)9-6-10(15)14(7-9)12(4,5)8-13/h9H,6-8,13H2,1-5H3. The first-order valence-electron chi connectivity index (χ1n) is 5.69. The van der Waals surface area contributed by atoms with E-state index in [1.54, 1.807) is 0 Å². The molecule has 0 aromatic carbocycles. The molecule has 3 heteroatoms. The van der Waals surface area contributed by atoms with E-state index < -0.39 is 0 Å². The topological polar surface area (TPSA) is 46.3 Å². The van der Waals surface area contributed by atoms with Crippen molar-refractivity contribution < 1.29 is 4.79 Å². The molecule has 0 saturated carbocycles. The molecule has 1 unspecified atom stereocenters. The predicted octanol–water partition coefficient (Wildman–Crippen LogP) is 1.62. The molecule has 15 heavy (non-hydrogen) atoms. The molecule has 1 aliphatic rings. The quantitative estimate of drug-likeness (QED) is 0.756. The van der Waals surface area contributed by atoms with Gasteiger partial charge >= 0.3 is 0 Å². The highest BCUT2D eigenvalue weighted by atomic mass is 16.2. The minimum atomic E-state index is -0.197. The van der Waals surface area contributed by atoms with Gasteiger partial charge in [-0.15, -0.1) is 0 Å². The molecule has 0 aromatic heterocycles. The SMILES string of the molecule is CC(C)(C)C1CC(=O)N(C(C)(C)CN)C1. The highest BCUT2D eigenvalue weighted by Crippen LogP contribution is 2.36. The van der Waals surface area contributed by atoms with Gasteiger partial charge in [-0.25, -0.2) is 0 Å². The zero-order chi connectivity index (χ0) is 11.9. The van der Waals surface area contributed by atoms with E-state index in [2.05, 4.69) is 20.8 Å². The van der Waals surface area contributed by atoms with Crippen molar-refractivity contribution in [2.75, 3.05) is 13.1 Å². The zero-order valence-electron chi connectivity index (χ0n) is 10.6. The third-order valence-corrected chi connectivity index (χ3v) is 3.58. The van der Waals surface area contributed by atoms with E-state index in [9.17, 15) is 4.79 Å². The van der Waals surface area contributed by atoms with Gasteiger partial charge in [0.15, 0.2) is 0 Å². The van der Waals surface area contributed by atoms with Crippen LogP contribution in [-0.2, 0) is 4.79 Å². The van der Waals surface area contributed by atoms with Crippen LogP contribution in [0.25, 0.3) is 0 Å². The maximum atomic E-state index is 11.9. The number of carbonyl (C=O) groups excluding carboxylic acids is 1. The van der Waals surface area contributed by atoms with Crippen LogP contribution in [0.3, 0.4) is 0 Å². The lowest BCUT2D eigenvalue weighted by molar-refractivity contribution is -0.131. The maximum Gasteiger partial charge on any atom is 0.223 e. The number of nitrogens with two attached hydrogens (primary N) is 1. The average Bonchev–Trinajstić information content (AvgIpc) is 2.47. The van der Waals surface area contributed by atoms with Gasteiger partial charge in [0.25, 0.3) is 0 Å². The van der Waals surface area contributed by atoms with E-state index in [1.807, 2.05) is 18.7 Å². The van der Waals surface area contributed by atoms with E-state index in [4.69, 9.17) is 5.73 Å². The zero-order valence-corrected chi connectivity index (χ0v) is 10.6. The Morgan fingerprint density at radius 1 is 1.33 bits per heavy atom. The number of carbonyl (C=O) groups is 1. The fourth-order valence-corrected chi connectivity index (χ4v) is 1.98. The highest BCUT2D eigenvalue weighted by Gasteiger charge is 2.41. The van der Waals surface area contributed by atoms with Crippen molar-refractivity contribution in [3.8, 4) is 0 Å². The van der Waals surface area contributed by atoms with Crippen LogP contribution >= 0.6 is 0 Å². The van der Waals surface area contributed by atoms with E-state index in [1.165, 1.54) is 0 Å². The van der Waals surface area contributed by atoms with Crippen LogP contribution in [0.5, 0.6) is 0 Å². The third-order valence-electron chi connectivity index (χ3n) is 3.58. The molecule has 1 saturated heterocycles. The molecule has 0 bridgehead atoms. The van der Waals surface area contributed by atoms with E-state index in [0.29, 0.717) is 18.9 Å². The Kier molecular flexibility index (Phi) is 3.15. The van der Waals surface area contributed by atoms with Gasteiger partial charge in [0.1, 0.15) is 0 Å². The fraction of sp³-hybridized carbons (Fsp3) is 0.917. The third kappa shape index (κ3) is 2.51. The first-order chi connectivity index (χ1) is 6.68. The van der Waals surface area contributed by atoms with E-state index >= 15 is 0 Å². The van der Waals surface area contributed by atoms with E-state index in [0.717, 1.165) is 6.54 Å². The van der Waals surface area contributed by atoms with E-state index in [-0.39, 0.29) is 16.9 Å². The summed E-state index contributed by atoms with van der Waals surface area (Å²) >= 11 is 0. The lowest BCUT2D eigenvalue weighted by Gasteiger charge is -2.36. The Balaban J connectivity index is 2.78. The summed E-state index contributed by atoms with van der Waals surface area (Å²) in [4.78, 5) is 13.9. The number of likely N-dealkylation sites (tertiary alicyclic amines) is 1. The number of rotatable bonds is 2. The molecule has 0 radical (unpaired) electrons. The lowest BCUT2D eigenvalue weighted by atomic mass is 9.80. The number of amides is 1. The Bertz CT molecular complexity index is 253. The van der Waals surface area contributed by atoms with Crippen molar-refractivity contribution in [3.63, 3.8) is 0 Å². The summed E-state index contributed by atoms with van der Waals surface area (Å²) < 4.78 is 0. The first-order valence-corrected chi connectivity index (χ1v) is 5.69. The first kappa shape index (κ1) is 12.5. The monoisotopic (exact) mass is 212 g/mol. The summed E-state index contributed by atoms with van der Waals surface area (Å²) in [7, 11) is 0. The summed E-state index contributed by atoms with van der Waals surface area (Å²) in [6.45, 7) is 12.0. The fourth-order valence-electron chi connectivity index (χ4n) is 1.98. The van der Waals surface area contributed by atoms with Gasteiger partial charge in [-0.2, -0.15) is 0 Å². The average molecular weight is 212 g/mol. The summed E-state index contributed by atoms with van der Waals surface area (Å²) in [5.74, 6) is 0.709. The molecule has 0 aromatic rings. The van der Waals surface area contributed by atoms with Gasteiger partial charge in [0.05, 0.1) is 0 Å². The van der Waals surface area contributed by atoms with Gasteiger partial charge in [-0.3, -0.25) is 4.79 Å². The highest BCUT2D eigenvalue weighted by molar-refractivity contribution is 5.79. The molecular weight excluding hydrogens is 188 g/mol. The summed E-state index contributed by atoms with van der Waals surface area (Å²) in [6, 6.07) is 0. The van der Waals surface area contributed by atoms with Gasteiger partial charge in [0.2, 0.25) is 5.91 Å². The van der Waals surface area contributed by atoms with Crippen LogP contribution in [0.15, 0.2) is 0 Å².